The number of hydrogen-bond acceptors (Lipinski definition) is 5. The number of rotatable bonds is 9. The number of likely N-dealkylation sites (tertiary alicyclic amines) is 1. The van der Waals surface area contributed by atoms with Gasteiger partial charge in [0, 0.05) is 20.2 Å². The average molecular weight is 419 g/mol. The van der Waals surface area contributed by atoms with Gasteiger partial charge in [-0.1, -0.05) is 24.3 Å². The quantitative estimate of drug-likeness (QED) is 0.678. The van der Waals surface area contributed by atoms with Crippen LogP contribution in [-0.4, -0.2) is 47.2 Å². The third kappa shape index (κ3) is 6.27. The van der Waals surface area contributed by atoms with E-state index in [1.807, 2.05) is 12.1 Å². The van der Waals surface area contributed by atoms with Crippen LogP contribution in [0.1, 0.15) is 24.0 Å². The van der Waals surface area contributed by atoms with E-state index in [2.05, 4.69) is 21.8 Å². The normalized spacial score (nSPS) is 16.1. The maximum absolute atomic E-state index is 12.5. The van der Waals surface area contributed by atoms with Crippen LogP contribution in [0.4, 0.5) is 0 Å². The molecule has 2 aromatic rings. The molecule has 158 valence electrons. The molecule has 0 aliphatic carbocycles. The standard InChI is InChI=1S/C22H30N2O4S/c1-27-17-20-5-9-22(10-6-20)29(25,26)23-15-18-11-13-24(14-12-18)16-19-3-7-21(28-2)8-4-19/h3-10,18,23H,11-17H2,1-2H3. The Morgan fingerprint density at radius 3 is 2.17 bits per heavy atom. The highest BCUT2D eigenvalue weighted by Gasteiger charge is 2.22. The third-order valence-corrected chi connectivity index (χ3v) is 6.82. The average Bonchev–Trinajstić information content (AvgIpc) is 2.74. The summed E-state index contributed by atoms with van der Waals surface area (Å²) in [4.78, 5) is 2.72. The minimum Gasteiger partial charge on any atom is -0.497 e. The van der Waals surface area contributed by atoms with Gasteiger partial charge in [-0.15, -0.1) is 0 Å². The summed E-state index contributed by atoms with van der Waals surface area (Å²) in [6.07, 6.45) is 1.98. The van der Waals surface area contributed by atoms with E-state index in [-0.39, 0.29) is 0 Å². The zero-order valence-electron chi connectivity index (χ0n) is 17.1. The first kappa shape index (κ1) is 21.8. The molecule has 6 nitrogen and oxygen atoms in total. The Labute approximate surface area is 173 Å². The highest BCUT2D eigenvalue weighted by atomic mass is 32.2. The first-order valence-corrected chi connectivity index (χ1v) is 11.4. The molecule has 0 atom stereocenters. The van der Waals surface area contributed by atoms with Crippen LogP contribution >= 0.6 is 0 Å². The van der Waals surface area contributed by atoms with Crippen molar-refractivity contribution >= 4 is 10.0 Å². The Morgan fingerprint density at radius 1 is 0.966 bits per heavy atom. The zero-order valence-corrected chi connectivity index (χ0v) is 18.0. The Morgan fingerprint density at radius 2 is 1.59 bits per heavy atom. The molecular weight excluding hydrogens is 388 g/mol. The predicted octanol–water partition coefficient (Wildman–Crippen LogP) is 3.03. The molecule has 0 spiro atoms. The number of piperidine rings is 1. The van der Waals surface area contributed by atoms with Crippen LogP contribution in [0.2, 0.25) is 0 Å². The van der Waals surface area contributed by atoms with Crippen LogP contribution in [-0.2, 0) is 27.9 Å². The highest BCUT2D eigenvalue weighted by Crippen LogP contribution is 2.20. The molecule has 1 saturated heterocycles. The fraction of sp³-hybridized carbons (Fsp3) is 0.455. The molecule has 0 amide bonds. The molecule has 2 aromatic carbocycles. The van der Waals surface area contributed by atoms with E-state index < -0.39 is 10.0 Å². The van der Waals surface area contributed by atoms with E-state index in [1.54, 1.807) is 38.5 Å². The summed E-state index contributed by atoms with van der Waals surface area (Å²) in [5.41, 5.74) is 2.22. The monoisotopic (exact) mass is 418 g/mol. The zero-order chi connectivity index (χ0) is 20.7. The van der Waals surface area contributed by atoms with Gasteiger partial charge >= 0.3 is 0 Å². The topological polar surface area (TPSA) is 67.9 Å². The van der Waals surface area contributed by atoms with Crippen molar-refractivity contribution in [3.8, 4) is 5.75 Å². The molecule has 7 heteroatoms. The van der Waals surface area contributed by atoms with Gasteiger partial charge in [0.2, 0.25) is 10.0 Å². The Balaban J connectivity index is 1.45. The molecule has 0 bridgehead atoms. The Hall–Kier alpha value is -1.93. The minimum atomic E-state index is -3.48. The lowest BCUT2D eigenvalue weighted by molar-refractivity contribution is 0.178. The van der Waals surface area contributed by atoms with Crippen molar-refractivity contribution in [3.63, 3.8) is 0 Å². The summed E-state index contributed by atoms with van der Waals surface area (Å²) in [5, 5.41) is 0. The van der Waals surface area contributed by atoms with Crippen molar-refractivity contribution in [2.24, 2.45) is 5.92 Å². The number of benzene rings is 2. The molecule has 0 unspecified atom stereocenters. The number of nitrogens with zero attached hydrogens (tertiary/aromatic N) is 1. The molecule has 1 aliphatic rings. The van der Waals surface area contributed by atoms with Gasteiger partial charge in [0.05, 0.1) is 18.6 Å². The summed E-state index contributed by atoms with van der Waals surface area (Å²) in [6.45, 7) is 3.83. The van der Waals surface area contributed by atoms with Gasteiger partial charge in [-0.25, -0.2) is 13.1 Å². The van der Waals surface area contributed by atoms with Crippen molar-refractivity contribution in [3.05, 3.63) is 59.7 Å². The van der Waals surface area contributed by atoms with Gasteiger partial charge in [-0.2, -0.15) is 0 Å². The fourth-order valence-electron chi connectivity index (χ4n) is 3.58. The van der Waals surface area contributed by atoms with Crippen molar-refractivity contribution in [2.45, 2.75) is 30.9 Å². The predicted molar refractivity (Wildman–Crippen MR) is 113 cm³/mol. The SMILES string of the molecule is COCc1ccc(S(=O)(=O)NCC2CCN(Cc3ccc(OC)cc3)CC2)cc1. The maximum atomic E-state index is 12.5. The summed E-state index contributed by atoms with van der Waals surface area (Å²) in [6, 6.07) is 15.0. The third-order valence-electron chi connectivity index (χ3n) is 5.38. The molecule has 0 aromatic heterocycles. The van der Waals surface area contributed by atoms with Crippen LogP contribution < -0.4 is 9.46 Å². The number of methoxy groups -OCH3 is 2. The Bertz CT molecular complexity index is 859. The van der Waals surface area contributed by atoms with Crippen molar-refractivity contribution in [2.75, 3.05) is 33.9 Å². The molecular formula is C22H30N2O4S. The summed E-state index contributed by atoms with van der Waals surface area (Å²) < 4.78 is 38.1. The Kier molecular flexibility index (Phi) is 7.66. The lowest BCUT2D eigenvalue weighted by Gasteiger charge is -2.32. The van der Waals surface area contributed by atoms with Gasteiger partial charge in [0.15, 0.2) is 0 Å². The molecule has 1 aliphatic heterocycles. The minimum absolute atomic E-state index is 0.300. The van der Waals surface area contributed by atoms with Crippen LogP contribution in [0.5, 0.6) is 5.75 Å². The number of ether oxygens (including phenoxy) is 2. The molecule has 1 heterocycles. The van der Waals surface area contributed by atoms with E-state index in [0.29, 0.717) is 24.0 Å². The smallest absolute Gasteiger partial charge is 0.240 e. The molecule has 3 rings (SSSR count). The van der Waals surface area contributed by atoms with Crippen LogP contribution in [0, 0.1) is 5.92 Å². The van der Waals surface area contributed by atoms with Crippen LogP contribution in [0.25, 0.3) is 0 Å². The number of sulfonamides is 1. The van der Waals surface area contributed by atoms with Gasteiger partial charge in [-0.05, 0) is 67.2 Å². The van der Waals surface area contributed by atoms with Crippen LogP contribution in [0.3, 0.4) is 0 Å². The molecule has 1 N–H and O–H groups in total. The number of nitrogens with one attached hydrogen (secondary N) is 1. The van der Waals surface area contributed by atoms with Crippen molar-refractivity contribution in [1.82, 2.24) is 9.62 Å². The summed E-state index contributed by atoms with van der Waals surface area (Å²) in [7, 11) is -0.186. The van der Waals surface area contributed by atoms with E-state index in [9.17, 15) is 8.42 Å². The largest absolute Gasteiger partial charge is 0.497 e. The molecule has 0 radical (unpaired) electrons. The summed E-state index contributed by atoms with van der Waals surface area (Å²) in [5.74, 6) is 1.23. The second-order valence-corrected chi connectivity index (χ2v) is 9.26. The molecule has 29 heavy (non-hydrogen) atoms. The van der Waals surface area contributed by atoms with E-state index in [1.165, 1.54) is 5.56 Å². The van der Waals surface area contributed by atoms with Crippen molar-refractivity contribution < 1.29 is 17.9 Å². The van der Waals surface area contributed by atoms with Crippen molar-refractivity contribution in [1.29, 1.82) is 0 Å². The van der Waals surface area contributed by atoms with E-state index in [0.717, 1.165) is 43.8 Å². The maximum Gasteiger partial charge on any atom is 0.240 e. The van der Waals surface area contributed by atoms with Gasteiger partial charge in [0.1, 0.15) is 5.75 Å². The highest BCUT2D eigenvalue weighted by molar-refractivity contribution is 7.89. The fourth-order valence-corrected chi connectivity index (χ4v) is 4.70. The first-order valence-electron chi connectivity index (χ1n) is 9.93. The van der Waals surface area contributed by atoms with Crippen LogP contribution in [0.15, 0.2) is 53.4 Å². The van der Waals surface area contributed by atoms with E-state index in [4.69, 9.17) is 9.47 Å². The van der Waals surface area contributed by atoms with E-state index >= 15 is 0 Å². The molecule has 1 fully saturated rings. The molecule has 0 saturated carbocycles. The lowest BCUT2D eigenvalue weighted by atomic mass is 9.97. The first-order chi connectivity index (χ1) is 14.0. The van der Waals surface area contributed by atoms with Gasteiger partial charge < -0.3 is 9.47 Å². The summed E-state index contributed by atoms with van der Waals surface area (Å²) >= 11 is 0. The lowest BCUT2D eigenvalue weighted by Crippen LogP contribution is -2.38. The number of hydrogen-bond donors (Lipinski definition) is 1. The second kappa shape index (κ2) is 10.2. The van der Waals surface area contributed by atoms with Gasteiger partial charge in [-0.3, -0.25) is 4.90 Å². The van der Waals surface area contributed by atoms with Gasteiger partial charge in [0.25, 0.3) is 0 Å². The second-order valence-electron chi connectivity index (χ2n) is 7.50.